The Balaban J connectivity index is 2.10. The van der Waals surface area contributed by atoms with Gasteiger partial charge in [0.05, 0.1) is 22.7 Å². The fourth-order valence-electron chi connectivity index (χ4n) is 2.92. The van der Waals surface area contributed by atoms with Crippen molar-refractivity contribution in [1.82, 2.24) is 9.55 Å². The summed E-state index contributed by atoms with van der Waals surface area (Å²) in [5.74, 6) is 0. The Morgan fingerprint density at radius 3 is 3.00 bits per heavy atom. The zero-order chi connectivity index (χ0) is 13.4. The fourth-order valence-corrected chi connectivity index (χ4v) is 4.06. The van der Waals surface area contributed by atoms with Gasteiger partial charge in [0.2, 0.25) is 0 Å². The SMILES string of the molecule is CSC1CCC(n2c(=S)[nH]c3ccc(C#N)cc32)C1. The van der Waals surface area contributed by atoms with Crippen molar-refractivity contribution in [3.05, 3.63) is 28.5 Å². The van der Waals surface area contributed by atoms with Crippen LogP contribution >= 0.6 is 24.0 Å². The van der Waals surface area contributed by atoms with Crippen LogP contribution in [0.3, 0.4) is 0 Å². The summed E-state index contributed by atoms with van der Waals surface area (Å²) in [7, 11) is 0. The van der Waals surface area contributed by atoms with E-state index in [0.29, 0.717) is 11.6 Å². The lowest BCUT2D eigenvalue weighted by molar-refractivity contribution is 0.527. The van der Waals surface area contributed by atoms with Crippen molar-refractivity contribution >= 4 is 35.0 Å². The normalized spacial score (nSPS) is 22.7. The summed E-state index contributed by atoms with van der Waals surface area (Å²) in [6.45, 7) is 0. The number of nitrogens with one attached hydrogen (secondary N) is 1. The van der Waals surface area contributed by atoms with E-state index in [4.69, 9.17) is 17.5 Å². The van der Waals surface area contributed by atoms with Crippen LogP contribution in [0.15, 0.2) is 18.2 Å². The molecule has 0 bridgehead atoms. The summed E-state index contributed by atoms with van der Waals surface area (Å²) in [6, 6.07) is 8.38. The van der Waals surface area contributed by atoms with Gasteiger partial charge in [0.25, 0.3) is 0 Å². The Morgan fingerprint density at radius 2 is 2.32 bits per heavy atom. The van der Waals surface area contributed by atoms with Gasteiger partial charge in [-0.25, -0.2) is 0 Å². The van der Waals surface area contributed by atoms with Crippen molar-refractivity contribution < 1.29 is 0 Å². The van der Waals surface area contributed by atoms with Gasteiger partial charge in [-0.15, -0.1) is 0 Å². The molecule has 1 fully saturated rings. The Bertz CT molecular complexity index is 708. The van der Waals surface area contributed by atoms with Gasteiger partial charge in [-0.05, 0) is 55.9 Å². The smallest absolute Gasteiger partial charge is 0.178 e. The van der Waals surface area contributed by atoms with E-state index in [2.05, 4.69) is 21.9 Å². The molecule has 1 aliphatic rings. The average molecular weight is 289 g/mol. The summed E-state index contributed by atoms with van der Waals surface area (Å²) in [6.07, 6.45) is 5.76. The quantitative estimate of drug-likeness (QED) is 0.849. The standard InChI is InChI=1S/C14H15N3S2/c1-19-11-4-3-10(7-11)17-13-6-9(8-15)2-5-12(13)16-14(17)18/h2,5-6,10-11H,3-4,7H2,1H3,(H,16,18). The minimum absolute atomic E-state index is 0.465. The molecule has 0 radical (unpaired) electrons. The van der Waals surface area contributed by atoms with E-state index in [-0.39, 0.29) is 0 Å². The molecule has 2 unspecified atom stereocenters. The monoisotopic (exact) mass is 289 g/mol. The summed E-state index contributed by atoms with van der Waals surface area (Å²) in [5, 5.41) is 9.77. The fraction of sp³-hybridized carbons (Fsp3) is 0.429. The number of aromatic amines is 1. The highest BCUT2D eigenvalue weighted by atomic mass is 32.2. The van der Waals surface area contributed by atoms with E-state index in [1.165, 1.54) is 19.3 Å². The average Bonchev–Trinajstić information content (AvgIpc) is 3.00. The Kier molecular flexibility index (Phi) is 3.38. The highest BCUT2D eigenvalue weighted by Crippen LogP contribution is 2.37. The largest absolute Gasteiger partial charge is 0.331 e. The molecule has 1 saturated carbocycles. The molecule has 2 aromatic rings. The third-order valence-electron chi connectivity index (χ3n) is 3.90. The number of hydrogen-bond donors (Lipinski definition) is 1. The molecule has 19 heavy (non-hydrogen) atoms. The molecule has 0 aliphatic heterocycles. The van der Waals surface area contributed by atoms with E-state index in [9.17, 15) is 0 Å². The van der Waals surface area contributed by atoms with E-state index in [1.807, 2.05) is 30.0 Å². The van der Waals surface area contributed by atoms with Crippen LogP contribution in [-0.4, -0.2) is 21.1 Å². The number of H-pyrrole nitrogens is 1. The maximum Gasteiger partial charge on any atom is 0.178 e. The van der Waals surface area contributed by atoms with Crippen molar-refractivity contribution in [3.8, 4) is 6.07 Å². The molecule has 3 nitrogen and oxygen atoms in total. The van der Waals surface area contributed by atoms with Gasteiger partial charge in [-0.2, -0.15) is 17.0 Å². The molecule has 98 valence electrons. The molecule has 3 rings (SSSR count). The number of fused-ring (bicyclic) bond motifs is 1. The lowest BCUT2D eigenvalue weighted by Gasteiger charge is -2.13. The topological polar surface area (TPSA) is 44.5 Å². The second-order valence-corrected chi connectivity index (χ2v) is 6.49. The Hall–Kier alpha value is -1.25. The molecular weight excluding hydrogens is 274 g/mol. The van der Waals surface area contributed by atoms with Crippen molar-refractivity contribution in [2.24, 2.45) is 0 Å². The number of benzene rings is 1. The van der Waals surface area contributed by atoms with Crippen LogP contribution < -0.4 is 0 Å². The maximum absolute atomic E-state index is 9.04. The molecule has 0 saturated heterocycles. The lowest BCUT2D eigenvalue weighted by Crippen LogP contribution is -2.06. The van der Waals surface area contributed by atoms with Gasteiger partial charge in [0.1, 0.15) is 0 Å². The highest BCUT2D eigenvalue weighted by Gasteiger charge is 2.26. The number of nitrogens with zero attached hydrogens (tertiary/aromatic N) is 2. The maximum atomic E-state index is 9.04. The summed E-state index contributed by atoms with van der Waals surface area (Å²) >= 11 is 7.40. The van der Waals surface area contributed by atoms with Crippen LogP contribution in [0.1, 0.15) is 30.9 Å². The molecule has 1 aromatic carbocycles. The first kappa shape index (κ1) is 12.8. The minimum Gasteiger partial charge on any atom is -0.331 e. The highest BCUT2D eigenvalue weighted by molar-refractivity contribution is 7.99. The van der Waals surface area contributed by atoms with Crippen molar-refractivity contribution in [2.45, 2.75) is 30.6 Å². The lowest BCUT2D eigenvalue weighted by atomic mass is 10.2. The first-order valence-electron chi connectivity index (χ1n) is 6.40. The Morgan fingerprint density at radius 1 is 1.47 bits per heavy atom. The molecular formula is C14H15N3S2. The summed E-state index contributed by atoms with van der Waals surface area (Å²) in [5.41, 5.74) is 2.78. The zero-order valence-electron chi connectivity index (χ0n) is 10.7. The molecule has 0 spiro atoms. The molecule has 1 aliphatic carbocycles. The number of rotatable bonds is 2. The van der Waals surface area contributed by atoms with E-state index >= 15 is 0 Å². The molecule has 0 amide bonds. The molecule has 1 aromatic heterocycles. The number of hydrogen-bond acceptors (Lipinski definition) is 3. The van der Waals surface area contributed by atoms with Crippen LogP contribution in [0.4, 0.5) is 0 Å². The van der Waals surface area contributed by atoms with Gasteiger partial charge >= 0.3 is 0 Å². The second kappa shape index (κ2) is 5.03. The predicted octanol–water partition coefficient (Wildman–Crippen LogP) is 4.03. The first-order chi connectivity index (χ1) is 9.22. The molecule has 5 heteroatoms. The van der Waals surface area contributed by atoms with Crippen LogP contribution in [0.2, 0.25) is 0 Å². The van der Waals surface area contributed by atoms with Gasteiger partial charge in [0.15, 0.2) is 4.77 Å². The second-order valence-electron chi connectivity index (χ2n) is 4.97. The van der Waals surface area contributed by atoms with Gasteiger partial charge in [-0.3, -0.25) is 0 Å². The van der Waals surface area contributed by atoms with Gasteiger partial charge in [-0.1, -0.05) is 0 Å². The van der Waals surface area contributed by atoms with Crippen LogP contribution in [0, 0.1) is 16.1 Å². The number of thioether (sulfide) groups is 1. The zero-order valence-corrected chi connectivity index (χ0v) is 12.4. The van der Waals surface area contributed by atoms with E-state index in [0.717, 1.165) is 21.1 Å². The van der Waals surface area contributed by atoms with E-state index in [1.54, 1.807) is 0 Å². The third kappa shape index (κ3) is 2.19. The Labute approximate surface area is 121 Å². The van der Waals surface area contributed by atoms with Crippen molar-refractivity contribution in [1.29, 1.82) is 5.26 Å². The molecule has 1 heterocycles. The van der Waals surface area contributed by atoms with Crippen molar-refractivity contribution in [2.75, 3.05) is 6.26 Å². The number of imidazole rings is 1. The van der Waals surface area contributed by atoms with Crippen LogP contribution in [-0.2, 0) is 0 Å². The molecule has 1 N–H and O–H groups in total. The first-order valence-corrected chi connectivity index (χ1v) is 8.09. The molecule has 2 atom stereocenters. The minimum atomic E-state index is 0.465. The van der Waals surface area contributed by atoms with Crippen LogP contribution in [0.5, 0.6) is 0 Å². The predicted molar refractivity (Wildman–Crippen MR) is 82.0 cm³/mol. The van der Waals surface area contributed by atoms with Gasteiger partial charge in [0, 0.05) is 11.3 Å². The number of nitriles is 1. The summed E-state index contributed by atoms with van der Waals surface area (Å²) in [4.78, 5) is 3.25. The van der Waals surface area contributed by atoms with Gasteiger partial charge < -0.3 is 9.55 Å². The van der Waals surface area contributed by atoms with Crippen LogP contribution in [0.25, 0.3) is 11.0 Å². The third-order valence-corrected chi connectivity index (χ3v) is 5.30. The number of aromatic nitrogens is 2. The summed E-state index contributed by atoms with van der Waals surface area (Å²) < 4.78 is 2.98. The van der Waals surface area contributed by atoms with Crippen molar-refractivity contribution in [3.63, 3.8) is 0 Å². The van der Waals surface area contributed by atoms with E-state index < -0.39 is 0 Å².